The van der Waals surface area contributed by atoms with E-state index in [1.807, 2.05) is 0 Å². The molecule has 5 nitrogen and oxygen atoms in total. The molecule has 8 heteroatoms. The number of benzene rings is 1. The number of nitrogens with two attached hydrogens (primary N) is 1. The number of anilines is 1. The summed E-state index contributed by atoms with van der Waals surface area (Å²) < 4.78 is 38.7. The summed E-state index contributed by atoms with van der Waals surface area (Å²) in [6, 6.07) is 1.30. The predicted molar refractivity (Wildman–Crippen MR) is 60.0 cm³/mol. The molecule has 19 heavy (non-hydrogen) atoms. The van der Waals surface area contributed by atoms with Crippen LogP contribution in [0.15, 0.2) is 17.3 Å². The normalized spacial score (nSPS) is 17.1. The van der Waals surface area contributed by atoms with E-state index < -0.39 is 28.8 Å². The van der Waals surface area contributed by atoms with Gasteiger partial charge in [0.15, 0.2) is 23.3 Å². The highest BCUT2D eigenvalue weighted by Gasteiger charge is 2.54. The number of carbonyl (C=O) groups excluding carboxylic acids is 1. The molecule has 0 heterocycles. The number of hydrogen-bond donors (Lipinski definition) is 3. The zero-order valence-electron chi connectivity index (χ0n) is 9.58. The van der Waals surface area contributed by atoms with Gasteiger partial charge >= 0.3 is 0 Å². The maximum atomic E-state index is 13.0. The minimum Gasteiger partial charge on any atom is -0.409 e. The molecule has 2 rings (SSSR count). The molecule has 1 aliphatic carbocycles. The van der Waals surface area contributed by atoms with Crippen molar-refractivity contribution in [2.45, 2.75) is 12.8 Å². The zero-order valence-corrected chi connectivity index (χ0v) is 9.58. The van der Waals surface area contributed by atoms with Crippen LogP contribution in [-0.2, 0) is 4.79 Å². The molecule has 0 saturated heterocycles. The fourth-order valence-electron chi connectivity index (χ4n) is 1.70. The topological polar surface area (TPSA) is 87.7 Å². The van der Waals surface area contributed by atoms with Crippen LogP contribution in [0.1, 0.15) is 12.8 Å². The van der Waals surface area contributed by atoms with Gasteiger partial charge in [-0.05, 0) is 12.8 Å². The molecule has 1 fully saturated rings. The molecule has 0 atom stereocenters. The molecule has 0 aliphatic heterocycles. The van der Waals surface area contributed by atoms with E-state index in [9.17, 15) is 18.0 Å². The summed E-state index contributed by atoms with van der Waals surface area (Å²) in [7, 11) is 0. The van der Waals surface area contributed by atoms with Crippen molar-refractivity contribution in [3.8, 4) is 0 Å². The smallest absolute Gasteiger partial charge is 0.238 e. The molecular weight excluding hydrogens is 263 g/mol. The van der Waals surface area contributed by atoms with E-state index in [2.05, 4.69) is 10.5 Å². The third-order valence-corrected chi connectivity index (χ3v) is 3.02. The summed E-state index contributed by atoms with van der Waals surface area (Å²) in [5.74, 6) is -5.37. The molecule has 4 N–H and O–H groups in total. The third-order valence-electron chi connectivity index (χ3n) is 3.02. The number of hydrogen-bond acceptors (Lipinski definition) is 3. The largest absolute Gasteiger partial charge is 0.409 e. The number of nitrogens with one attached hydrogen (secondary N) is 1. The van der Waals surface area contributed by atoms with Gasteiger partial charge in [0.05, 0.1) is 0 Å². The van der Waals surface area contributed by atoms with E-state index in [0.717, 1.165) is 0 Å². The maximum absolute atomic E-state index is 13.0. The van der Waals surface area contributed by atoms with E-state index in [-0.39, 0.29) is 11.5 Å². The second-order valence-electron chi connectivity index (χ2n) is 4.28. The van der Waals surface area contributed by atoms with Crippen LogP contribution in [0.4, 0.5) is 18.9 Å². The van der Waals surface area contributed by atoms with Crippen molar-refractivity contribution in [3.05, 3.63) is 29.6 Å². The molecule has 1 aromatic carbocycles. The first-order valence-corrected chi connectivity index (χ1v) is 5.35. The number of nitrogens with zero attached hydrogens (tertiary/aromatic N) is 1. The molecule has 0 aromatic heterocycles. The number of amidine groups is 1. The number of rotatable bonds is 3. The van der Waals surface area contributed by atoms with Crippen LogP contribution in [0.5, 0.6) is 0 Å². The molecule has 1 aromatic rings. The van der Waals surface area contributed by atoms with Crippen LogP contribution in [0.2, 0.25) is 0 Å². The first kappa shape index (κ1) is 13.2. The first-order valence-electron chi connectivity index (χ1n) is 5.35. The molecule has 102 valence electrons. The van der Waals surface area contributed by atoms with Crippen LogP contribution in [-0.4, -0.2) is 17.0 Å². The van der Waals surface area contributed by atoms with Crippen molar-refractivity contribution in [1.82, 2.24) is 0 Å². The van der Waals surface area contributed by atoms with E-state index in [0.29, 0.717) is 25.0 Å². The Morgan fingerprint density at radius 1 is 1.32 bits per heavy atom. The number of carbonyl (C=O) groups is 1. The Morgan fingerprint density at radius 2 is 1.84 bits per heavy atom. The Balaban J connectivity index is 2.21. The van der Waals surface area contributed by atoms with Crippen LogP contribution < -0.4 is 11.1 Å². The van der Waals surface area contributed by atoms with Crippen molar-refractivity contribution in [1.29, 1.82) is 0 Å². The van der Waals surface area contributed by atoms with E-state index in [4.69, 9.17) is 10.9 Å². The second-order valence-corrected chi connectivity index (χ2v) is 4.28. The van der Waals surface area contributed by atoms with Crippen molar-refractivity contribution in [2.75, 3.05) is 5.32 Å². The molecule has 1 amide bonds. The van der Waals surface area contributed by atoms with E-state index >= 15 is 0 Å². The second kappa shape index (κ2) is 4.45. The Hall–Kier alpha value is -2.25. The molecule has 0 spiro atoms. The summed E-state index contributed by atoms with van der Waals surface area (Å²) in [6.07, 6.45) is 0.724. The van der Waals surface area contributed by atoms with Crippen molar-refractivity contribution < 1.29 is 23.2 Å². The standard InChI is InChI=1S/C11H10F3N3O2/c12-6-3-5(4-7(13)8(6)14)16-10(18)11(1-2-11)9(15)17-19/h3-4,19H,1-2H2,(H2,15,17)(H,16,18). The summed E-state index contributed by atoms with van der Waals surface area (Å²) in [5, 5.41) is 13.5. The molecule has 0 bridgehead atoms. The van der Waals surface area contributed by atoms with Gasteiger partial charge in [-0.1, -0.05) is 5.16 Å². The lowest BCUT2D eigenvalue weighted by Crippen LogP contribution is -2.36. The van der Waals surface area contributed by atoms with Crippen LogP contribution >= 0.6 is 0 Å². The average Bonchev–Trinajstić information content (AvgIpc) is 3.16. The lowest BCUT2D eigenvalue weighted by molar-refractivity contribution is -0.119. The van der Waals surface area contributed by atoms with Gasteiger partial charge in [-0.25, -0.2) is 13.2 Å². The minimum absolute atomic E-state index is 0.238. The lowest BCUT2D eigenvalue weighted by atomic mass is 10.1. The molecule has 1 saturated carbocycles. The SMILES string of the molecule is N/C(=N/O)C1(C(=O)Nc2cc(F)c(F)c(F)c2)CC1. The predicted octanol–water partition coefficient (Wildman–Crippen LogP) is 1.57. The number of amides is 1. The van der Waals surface area contributed by atoms with Gasteiger partial charge in [-0.2, -0.15) is 0 Å². The first-order chi connectivity index (χ1) is 8.90. The Morgan fingerprint density at radius 3 is 2.26 bits per heavy atom. The van der Waals surface area contributed by atoms with Gasteiger partial charge in [0, 0.05) is 17.8 Å². The average molecular weight is 273 g/mol. The highest BCUT2D eigenvalue weighted by atomic mass is 19.2. The Labute approximate surface area is 105 Å². The quantitative estimate of drug-likeness (QED) is 0.257. The van der Waals surface area contributed by atoms with Crippen molar-refractivity contribution in [2.24, 2.45) is 16.3 Å². The summed E-state index contributed by atoms with van der Waals surface area (Å²) in [4.78, 5) is 11.9. The molecule has 0 radical (unpaired) electrons. The van der Waals surface area contributed by atoms with Gasteiger partial charge < -0.3 is 16.3 Å². The fraction of sp³-hybridized carbons (Fsp3) is 0.273. The third kappa shape index (κ3) is 2.20. The Bertz CT molecular complexity index is 547. The molecule has 1 aliphatic rings. The lowest BCUT2D eigenvalue weighted by Gasteiger charge is -2.13. The van der Waals surface area contributed by atoms with Gasteiger partial charge in [-0.3, -0.25) is 4.79 Å². The summed E-state index contributed by atoms with van der Waals surface area (Å²) >= 11 is 0. The Kier molecular flexibility index (Phi) is 3.09. The molecule has 0 unspecified atom stereocenters. The van der Waals surface area contributed by atoms with E-state index in [1.165, 1.54) is 0 Å². The number of halogens is 3. The van der Waals surface area contributed by atoms with Gasteiger partial charge in [0.25, 0.3) is 0 Å². The minimum atomic E-state index is -1.62. The maximum Gasteiger partial charge on any atom is 0.238 e. The van der Waals surface area contributed by atoms with Gasteiger partial charge in [0.2, 0.25) is 5.91 Å². The van der Waals surface area contributed by atoms with Crippen LogP contribution in [0, 0.1) is 22.9 Å². The van der Waals surface area contributed by atoms with Gasteiger partial charge in [0.1, 0.15) is 5.41 Å². The van der Waals surface area contributed by atoms with Crippen molar-refractivity contribution >= 4 is 17.4 Å². The van der Waals surface area contributed by atoms with Crippen molar-refractivity contribution in [3.63, 3.8) is 0 Å². The highest BCUT2D eigenvalue weighted by molar-refractivity contribution is 6.14. The molecular formula is C11H10F3N3O2. The summed E-state index contributed by atoms with van der Waals surface area (Å²) in [5.41, 5.74) is 3.99. The van der Waals surface area contributed by atoms with E-state index in [1.54, 1.807) is 0 Å². The monoisotopic (exact) mass is 273 g/mol. The highest BCUT2D eigenvalue weighted by Crippen LogP contribution is 2.46. The van der Waals surface area contributed by atoms with Crippen LogP contribution in [0.3, 0.4) is 0 Å². The number of oxime groups is 1. The summed E-state index contributed by atoms with van der Waals surface area (Å²) in [6.45, 7) is 0. The van der Waals surface area contributed by atoms with Gasteiger partial charge in [-0.15, -0.1) is 0 Å². The zero-order chi connectivity index (χ0) is 14.2. The van der Waals surface area contributed by atoms with Crippen LogP contribution in [0.25, 0.3) is 0 Å². The fourth-order valence-corrected chi connectivity index (χ4v) is 1.70.